The van der Waals surface area contributed by atoms with Gasteiger partial charge in [0, 0.05) is 6.42 Å². The monoisotopic (exact) mass is 647 g/mol. The van der Waals surface area contributed by atoms with E-state index < -0.39 is 11.9 Å². The van der Waals surface area contributed by atoms with Crippen LogP contribution in [0.5, 0.6) is 0 Å². The molecule has 0 saturated carbocycles. The number of rotatable bonds is 2. The van der Waals surface area contributed by atoms with E-state index in [2.05, 4.69) is 91.1 Å². The molecule has 1 atom stereocenters. The molecule has 0 fully saturated rings. The van der Waals surface area contributed by atoms with Crippen LogP contribution in [0.2, 0.25) is 7.25 Å². The van der Waals surface area contributed by atoms with Gasteiger partial charge in [-0.15, -0.1) is 0 Å². The molecule has 0 bridgehead atoms. The molecule has 0 N–H and O–H groups in total. The average molecular weight is 649 g/mol. The quantitative estimate of drug-likeness (QED) is 0.263. The first kappa shape index (κ1) is 20.1. The summed E-state index contributed by atoms with van der Waals surface area (Å²) in [5.74, 6) is 0. The van der Waals surface area contributed by atoms with Crippen molar-refractivity contribution in [3.05, 3.63) is 77.3 Å². The molecule has 0 aromatic heterocycles. The Labute approximate surface area is 181 Å². The summed E-state index contributed by atoms with van der Waals surface area (Å²) in [6.45, 7) is 0. The maximum atomic E-state index is 2.88. The summed E-state index contributed by atoms with van der Waals surface area (Å²) in [6.07, 6.45) is 32.0. The third-order valence-corrected chi connectivity index (χ3v) is 29.1. The summed E-state index contributed by atoms with van der Waals surface area (Å²) in [7, 11) is 0. The minimum atomic E-state index is -2.14. The first-order valence-corrected chi connectivity index (χ1v) is 27.5. The Morgan fingerprint density at radius 3 is 2.08 bits per heavy atom. The van der Waals surface area contributed by atoms with Gasteiger partial charge in [-0.2, -0.15) is 0 Å². The van der Waals surface area contributed by atoms with E-state index in [0.717, 1.165) is 7.25 Å². The molecule has 0 aliphatic heterocycles. The molecule has 0 aromatic carbocycles. The second kappa shape index (κ2) is 9.07. The molecule has 0 nitrogen and oxygen atoms in total. The Kier molecular flexibility index (Phi) is 7.00. The molecule has 0 spiro atoms. The van der Waals surface area contributed by atoms with E-state index in [1.165, 1.54) is 51.4 Å². The molecule has 0 saturated heterocycles. The van der Waals surface area contributed by atoms with E-state index in [1.807, 2.05) is 5.57 Å². The predicted octanol–water partition coefficient (Wildman–Crippen LogP) is 8.61. The standard InChI is InChI=1S/2C9H11.C5H5.2HI.Zr/c2*1-2-5-9-7-3-6-8(9)4-1;1-2-4-5-3-1;;;/h2*3,6-7H,1-2,4-5H2;1-5H;2*1H;/q;;;;;+2/p-2. The molecular weight excluding hydrogens is 621 g/mol. The van der Waals surface area contributed by atoms with Crippen molar-refractivity contribution >= 4 is 36.1 Å². The van der Waals surface area contributed by atoms with Crippen molar-refractivity contribution in [1.29, 1.82) is 0 Å². The normalized spacial score (nSPS) is 27.1. The van der Waals surface area contributed by atoms with E-state index in [4.69, 9.17) is 0 Å². The molecule has 5 aliphatic rings. The Morgan fingerprint density at radius 2 is 1.35 bits per heavy atom. The van der Waals surface area contributed by atoms with Gasteiger partial charge in [0.05, 0.1) is 0 Å². The van der Waals surface area contributed by atoms with Gasteiger partial charge < -0.3 is 0 Å². The van der Waals surface area contributed by atoms with Crippen molar-refractivity contribution < 1.29 is 11.9 Å². The van der Waals surface area contributed by atoms with Crippen LogP contribution in [0.15, 0.2) is 70.9 Å². The van der Waals surface area contributed by atoms with Crippen LogP contribution in [0.3, 0.4) is 0 Å². The van der Waals surface area contributed by atoms with Crippen molar-refractivity contribution in [1.82, 2.24) is 0 Å². The number of allylic oxidation sites excluding steroid dienone is 12. The summed E-state index contributed by atoms with van der Waals surface area (Å²) >= 11 is 3.62. The zero-order chi connectivity index (χ0) is 18.0. The molecule has 0 aromatic rings. The van der Waals surface area contributed by atoms with Crippen LogP contribution >= 0.6 is 36.1 Å². The molecule has 5 rings (SSSR count). The Hall–Kier alpha value is 0.783. The van der Waals surface area contributed by atoms with Gasteiger partial charge in [-0.25, -0.2) is 0 Å². The molecule has 26 heavy (non-hydrogen) atoms. The molecule has 0 heterocycles. The van der Waals surface area contributed by atoms with Gasteiger partial charge in [0.1, 0.15) is 0 Å². The van der Waals surface area contributed by atoms with Crippen molar-refractivity contribution in [2.45, 2.75) is 58.6 Å². The third kappa shape index (κ3) is 4.35. The fourth-order valence-corrected chi connectivity index (χ4v) is 22.2. The van der Waals surface area contributed by atoms with E-state index in [9.17, 15) is 0 Å². The van der Waals surface area contributed by atoms with E-state index in [-0.39, 0.29) is 0 Å². The van der Waals surface area contributed by atoms with Gasteiger partial charge in [0.25, 0.3) is 0 Å². The van der Waals surface area contributed by atoms with Crippen molar-refractivity contribution in [3.63, 3.8) is 0 Å². The molecule has 5 aliphatic carbocycles. The summed E-state index contributed by atoms with van der Waals surface area (Å²) in [5.41, 5.74) is 6.72. The summed E-state index contributed by atoms with van der Waals surface area (Å²) < 4.78 is 1.63. The molecule has 1 unspecified atom stereocenters. The van der Waals surface area contributed by atoms with Crippen molar-refractivity contribution in [2.24, 2.45) is 0 Å². The SMILES string of the molecule is [CH]1C=CC2=C1CCCC2.[I][Zr]([I])([CH]1C=CC=C1)[CH]1C=CC2=C1CCCC2. The minimum absolute atomic E-state index is 0.786. The second-order valence-electron chi connectivity index (χ2n) is 7.85. The van der Waals surface area contributed by atoms with Gasteiger partial charge in [-0.1, -0.05) is 17.7 Å². The second-order valence-corrected chi connectivity index (χ2v) is 47.7. The van der Waals surface area contributed by atoms with E-state index in [1.54, 1.807) is 16.7 Å². The maximum absolute atomic E-state index is 2.88. The number of halogens is 2. The molecule has 137 valence electrons. The van der Waals surface area contributed by atoms with Gasteiger partial charge in [0.2, 0.25) is 0 Å². The van der Waals surface area contributed by atoms with Crippen LogP contribution in [0.25, 0.3) is 0 Å². The van der Waals surface area contributed by atoms with Crippen molar-refractivity contribution in [2.75, 3.05) is 0 Å². The Morgan fingerprint density at radius 1 is 0.692 bits per heavy atom. The van der Waals surface area contributed by atoms with Gasteiger partial charge in [0.15, 0.2) is 0 Å². The first-order valence-electron chi connectivity index (χ1n) is 10.0. The molecule has 0 amide bonds. The number of hydrogen-bond acceptors (Lipinski definition) is 0. The fraction of sp³-hybridized carbons (Fsp3) is 0.435. The fourth-order valence-electron chi connectivity index (χ4n) is 4.70. The van der Waals surface area contributed by atoms with Crippen LogP contribution in [0, 0.1) is 6.42 Å². The number of hydrogen-bond donors (Lipinski definition) is 0. The third-order valence-electron chi connectivity index (χ3n) is 6.18. The zero-order valence-electron chi connectivity index (χ0n) is 15.3. The first-order chi connectivity index (χ1) is 12.7. The summed E-state index contributed by atoms with van der Waals surface area (Å²) in [6, 6.07) is 0. The summed E-state index contributed by atoms with van der Waals surface area (Å²) in [4.78, 5) is 0. The van der Waals surface area contributed by atoms with Crippen molar-refractivity contribution in [3.8, 4) is 0 Å². The summed E-state index contributed by atoms with van der Waals surface area (Å²) in [5, 5.41) is 0. The van der Waals surface area contributed by atoms with Gasteiger partial charge in [-0.05, 0) is 31.3 Å². The molecule has 1 radical (unpaired) electrons. The Bertz CT molecular complexity index is 721. The zero-order valence-corrected chi connectivity index (χ0v) is 22.0. The van der Waals surface area contributed by atoms with Crippen LogP contribution in [0.4, 0.5) is 0 Å². The van der Waals surface area contributed by atoms with Crippen LogP contribution < -0.4 is 0 Å². The van der Waals surface area contributed by atoms with E-state index >= 15 is 0 Å². The molecule has 3 heteroatoms. The van der Waals surface area contributed by atoms with Crippen LogP contribution in [-0.2, 0) is 11.9 Å². The van der Waals surface area contributed by atoms with E-state index in [0.29, 0.717) is 0 Å². The van der Waals surface area contributed by atoms with Crippen LogP contribution in [0.1, 0.15) is 51.4 Å². The van der Waals surface area contributed by atoms with Gasteiger partial charge >= 0.3 is 129 Å². The topological polar surface area (TPSA) is 0 Å². The Balaban J connectivity index is 0.000000157. The van der Waals surface area contributed by atoms with Crippen LogP contribution in [-0.4, -0.2) is 0 Å². The predicted molar refractivity (Wildman–Crippen MR) is 127 cm³/mol. The molecular formula is C23H27I2Zr. The van der Waals surface area contributed by atoms with Gasteiger partial charge in [-0.3, -0.25) is 0 Å². The average Bonchev–Trinajstić information content (AvgIpc) is 3.42.